The average Bonchev–Trinajstić information content (AvgIpc) is 3.35. The van der Waals surface area contributed by atoms with E-state index in [0.717, 1.165) is 0 Å². The third-order valence-corrected chi connectivity index (χ3v) is 8.37. The Balaban J connectivity index is 1.87. The first-order chi connectivity index (χ1) is 15.3. The third kappa shape index (κ3) is 5.30. The molecular weight excluding hydrogens is 451 g/mol. The zero-order valence-corrected chi connectivity index (χ0v) is 20.8. The van der Waals surface area contributed by atoms with Crippen molar-refractivity contribution in [3.63, 3.8) is 0 Å². The van der Waals surface area contributed by atoms with Crippen molar-refractivity contribution in [3.8, 4) is 6.07 Å². The van der Waals surface area contributed by atoms with Gasteiger partial charge in [0.2, 0.25) is 0 Å². The second-order valence-corrected chi connectivity index (χ2v) is 10.6. The van der Waals surface area contributed by atoms with E-state index >= 15 is 0 Å². The summed E-state index contributed by atoms with van der Waals surface area (Å²) in [5.41, 5.74) is -0.296. The van der Waals surface area contributed by atoms with Gasteiger partial charge in [-0.3, -0.25) is 14.3 Å². The molecule has 2 unspecified atom stereocenters. The summed E-state index contributed by atoms with van der Waals surface area (Å²) in [6.07, 6.45) is 0.394. The van der Waals surface area contributed by atoms with Gasteiger partial charge in [-0.2, -0.15) is 5.26 Å². The number of aromatic nitrogens is 2. The Labute approximate surface area is 192 Å². The highest BCUT2D eigenvalue weighted by atomic mass is 32.1. The molecule has 2 aromatic rings. The minimum Gasteiger partial charge on any atom is -0.352 e. The molecule has 0 aliphatic carbocycles. The van der Waals surface area contributed by atoms with E-state index in [-0.39, 0.29) is 36.3 Å². The van der Waals surface area contributed by atoms with Gasteiger partial charge in [0.15, 0.2) is 0 Å². The van der Waals surface area contributed by atoms with Gasteiger partial charge in [-0.25, -0.2) is 9.46 Å². The maximum Gasteiger partial charge on any atom is 0.331 e. The molecule has 1 aliphatic heterocycles. The molecule has 32 heavy (non-hydrogen) atoms. The smallest absolute Gasteiger partial charge is 0.331 e. The summed E-state index contributed by atoms with van der Waals surface area (Å²) in [5, 5.41) is 10.7. The fourth-order valence-electron chi connectivity index (χ4n) is 4.01. The van der Waals surface area contributed by atoms with Gasteiger partial charge in [0.25, 0.3) is 14.1 Å². The minimum atomic E-state index is -1.42. The molecule has 0 saturated carbocycles. The lowest BCUT2D eigenvalue weighted by atomic mass is 10.1. The molecule has 1 fully saturated rings. The lowest BCUT2D eigenvalue weighted by Gasteiger charge is -2.37. The molecule has 0 bridgehead atoms. The average molecular weight is 483 g/mol. The molecule has 3 heterocycles. The van der Waals surface area contributed by atoms with Gasteiger partial charge in [0, 0.05) is 18.5 Å². The van der Waals surface area contributed by atoms with Gasteiger partial charge in [-0.05, 0) is 45.6 Å². The molecule has 1 aliphatic rings. The van der Waals surface area contributed by atoms with Crippen LogP contribution in [0.25, 0.3) is 10.2 Å². The van der Waals surface area contributed by atoms with Crippen LogP contribution in [-0.2, 0) is 13.8 Å². The molecule has 9 nitrogen and oxygen atoms in total. The van der Waals surface area contributed by atoms with Crippen LogP contribution in [0.1, 0.15) is 60.1 Å². The van der Waals surface area contributed by atoms with Crippen molar-refractivity contribution < 1.29 is 13.8 Å². The van der Waals surface area contributed by atoms with Crippen LogP contribution in [0.2, 0.25) is 0 Å². The number of thiophene rings is 1. The zero-order valence-electron chi connectivity index (χ0n) is 19.1. The predicted molar refractivity (Wildman–Crippen MR) is 126 cm³/mol. The van der Waals surface area contributed by atoms with Crippen molar-refractivity contribution in [1.82, 2.24) is 14.2 Å². The summed E-state index contributed by atoms with van der Waals surface area (Å²) in [6, 6.07) is 4.26. The number of H-pyrrole nitrogens is 1. The molecule has 0 spiro atoms. The molecule has 4 atom stereocenters. The van der Waals surface area contributed by atoms with E-state index in [9.17, 15) is 9.59 Å². The summed E-state index contributed by atoms with van der Waals surface area (Å²) in [7, 11) is -1.42. The quantitative estimate of drug-likeness (QED) is 0.401. The van der Waals surface area contributed by atoms with Crippen LogP contribution in [0.3, 0.4) is 0 Å². The Bertz CT molecular complexity index is 1050. The maximum atomic E-state index is 12.7. The van der Waals surface area contributed by atoms with E-state index in [1.165, 1.54) is 15.9 Å². The number of nitriles is 1. The lowest BCUT2D eigenvalue weighted by Crippen LogP contribution is -2.35. The summed E-state index contributed by atoms with van der Waals surface area (Å²) in [4.78, 5) is 27.2. The number of hydrogen-bond donors (Lipinski definition) is 1. The summed E-state index contributed by atoms with van der Waals surface area (Å²) < 4.78 is 23.0. The molecule has 0 radical (unpaired) electrons. The zero-order chi connectivity index (χ0) is 23.4. The molecule has 2 aromatic heterocycles. The largest absolute Gasteiger partial charge is 0.352 e. The summed E-state index contributed by atoms with van der Waals surface area (Å²) >= 11 is 1.30. The van der Waals surface area contributed by atoms with E-state index in [1.807, 2.05) is 6.92 Å². The molecule has 3 rings (SSSR count). The number of hydrogen-bond acceptors (Lipinski definition) is 8. The lowest BCUT2D eigenvalue weighted by molar-refractivity contribution is -0.0181. The van der Waals surface area contributed by atoms with Crippen molar-refractivity contribution in [1.29, 1.82) is 5.26 Å². The first kappa shape index (κ1) is 25.0. The van der Waals surface area contributed by atoms with E-state index in [4.69, 9.17) is 19.0 Å². The van der Waals surface area contributed by atoms with Crippen molar-refractivity contribution in [2.45, 2.75) is 84.4 Å². The fraction of sp³-hybridized carbons (Fsp3) is 0.667. The first-order valence-corrected chi connectivity index (χ1v) is 12.9. The van der Waals surface area contributed by atoms with E-state index in [1.54, 1.807) is 11.4 Å². The number of nitrogens with one attached hydrogen (secondary N) is 1. The van der Waals surface area contributed by atoms with E-state index in [0.29, 0.717) is 29.7 Å². The van der Waals surface area contributed by atoms with Gasteiger partial charge < -0.3 is 13.8 Å². The van der Waals surface area contributed by atoms with Gasteiger partial charge in [-0.15, -0.1) is 11.3 Å². The van der Waals surface area contributed by atoms with Gasteiger partial charge in [0.1, 0.15) is 10.9 Å². The number of nitrogens with zero attached hydrogens (tertiary/aromatic N) is 3. The van der Waals surface area contributed by atoms with Crippen molar-refractivity contribution >= 4 is 30.1 Å². The van der Waals surface area contributed by atoms with E-state index in [2.05, 4.69) is 43.4 Å². The van der Waals surface area contributed by atoms with Crippen LogP contribution in [0.4, 0.5) is 0 Å². The van der Waals surface area contributed by atoms with Crippen LogP contribution in [0.5, 0.6) is 0 Å². The Morgan fingerprint density at radius 3 is 2.72 bits per heavy atom. The Kier molecular flexibility index (Phi) is 8.62. The number of aromatic amines is 1. The molecule has 0 amide bonds. The fourth-order valence-corrected chi connectivity index (χ4v) is 6.55. The highest BCUT2D eigenvalue weighted by Gasteiger charge is 2.41. The summed E-state index contributed by atoms with van der Waals surface area (Å²) in [5.74, 6) is 0. The SMILES string of the molecule is CC[C@H]1O[C@@H](n2c(=O)[nH]c(=O)c3sccc32)CC1OP(OCCC#N)N(C(C)C)C(C)C. The van der Waals surface area contributed by atoms with Gasteiger partial charge in [-0.1, -0.05) is 6.92 Å². The van der Waals surface area contributed by atoms with Crippen LogP contribution in [0.15, 0.2) is 21.0 Å². The normalized spacial score (nSPS) is 22.3. The van der Waals surface area contributed by atoms with Crippen molar-refractivity contribution in [2.24, 2.45) is 0 Å². The van der Waals surface area contributed by atoms with Crippen LogP contribution in [0, 0.1) is 11.3 Å². The van der Waals surface area contributed by atoms with Crippen LogP contribution in [-0.4, -0.2) is 45.1 Å². The number of rotatable bonds is 10. The van der Waals surface area contributed by atoms with Crippen LogP contribution < -0.4 is 11.2 Å². The minimum absolute atomic E-state index is 0.189. The molecule has 0 aromatic carbocycles. The highest BCUT2D eigenvalue weighted by Crippen LogP contribution is 2.50. The highest BCUT2D eigenvalue weighted by molar-refractivity contribution is 7.44. The van der Waals surface area contributed by atoms with Gasteiger partial charge >= 0.3 is 5.69 Å². The Hall–Kier alpha value is -1.60. The first-order valence-electron chi connectivity index (χ1n) is 10.9. The molecule has 1 saturated heterocycles. The monoisotopic (exact) mass is 482 g/mol. The summed E-state index contributed by atoms with van der Waals surface area (Å²) in [6.45, 7) is 10.7. The third-order valence-electron chi connectivity index (χ3n) is 5.31. The van der Waals surface area contributed by atoms with Crippen molar-refractivity contribution in [3.05, 3.63) is 32.3 Å². The molecule has 11 heteroatoms. The second kappa shape index (κ2) is 11.0. The Morgan fingerprint density at radius 1 is 1.38 bits per heavy atom. The Morgan fingerprint density at radius 2 is 2.09 bits per heavy atom. The standard InChI is InChI=1S/C21H31N4O5PS/c1-6-16-17(30-31(28-10-7-9-22)25(13(2)3)14(4)5)12-18(29-16)24-15-8-11-32-19(15)20(26)23-21(24)27/h8,11,13-14,16-18H,6-7,10,12H2,1-5H3,(H,23,26,27)/t16-,17?,18-,31?/m1/s1. The van der Waals surface area contributed by atoms with Crippen LogP contribution >= 0.6 is 19.9 Å². The number of ether oxygens (including phenoxy) is 1. The van der Waals surface area contributed by atoms with Gasteiger partial charge in [0.05, 0.1) is 36.8 Å². The maximum absolute atomic E-state index is 12.7. The molecule has 1 N–H and O–H groups in total. The molecular formula is C21H31N4O5PS. The topological polar surface area (TPSA) is 110 Å². The predicted octanol–water partition coefficient (Wildman–Crippen LogP) is 4.11. The van der Waals surface area contributed by atoms with Crippen molar-refractivity contribution in [2.75, 3.05) is 6.61 Å². The molecule has 176 valence electrons. The number of fused-ring (bicyclic) bond motifs is 1. The second-order valence-electron chi connectivity index (χ2n) is 8.23. The van der Waals surface area contributed by atoms with E-state index < -0.39 is 20.4 Å².